The summed E-state index contributed by atoms with van der Waals surface area (Å²) >= 11 is 0. The summed E-state index contributed by atoms with van der Waals surface area (Å²) in [6, 6.07) is 0. The minimum Gasteiger partial charge on any atom is -0.356 e. The van der Waals surface area contributed by atoms with Crippen LogP contribution in [0.3, 0.4) is 0 Å². The molecule has 0 spiro atoms. The highest BCUT2D eigenvalue weighted by molar-refractivity contribution is 5.53. The van der Waals surface area contributed by atoms with Crippen molar-refractivity contribution in [1.29, 1.82) is 0 Å². The SMILES string of the molecule is CCCCC(C=O)CC(OC)OC. The zero-order chi connectivity index (χ0) is 10.1. The van der Waals surface area contributed by atoms with E-state index in [1.165, 1.54) is 0 Å². The summed E-state index contributed by atoms with van der Waals surface area (Å²) in [6.45, 7) is 2.12. The Balaban J connectivity index is 3.73. The summed E-state index contributed by atoms with van der Waals surface area (Å²) in [4.78, 5) is 10.7. The van der Waals surface area contributed by atoms with Crippen LogP contribution in [0.25, 0.3) is 0 Å². The van der Waals surface area contributed by atoms with Crippen LogP contribution in [0.5, 0.6) is 0 Å². The molecule has 0 rings (SSSR count). The standard InChI is InChI=1S/C10H20O3/c1-4-5-6-9(8-11)7-10(12-2)13-3/h8-10H,4-7H2,1-3H3. The van der Waals surface area contributed by atoms with Crippen molar-refractivity contribution >= 4 is 6.29 Å². The second-order valence-corrected chi connectivity index (χ2v) is 3.18. The smallest absolute Gasteiger partial charge is 0.157 e. The minimum absolute atomic E-state index is 0.0739. The van der Waals surface area contributed by atoms with Crippen molar-refractivity contribution in [1.82, 2.24) is 0 Å². The van der Waals surface area contributed by atoms with Crippen LogP contribution < -0.4 is 0 Å². The average molecular weight is 188 g/mol. The Hall–Kier alpha value is -0.410. The number of rotatable bonds is 8. The molecule has 0 aliphatic carbocycles. The van der Waals surface area contributed by atoms with Crippen LogP contribution in [0.4, 0.5) is 0 Å². The van der Waals surface area contributed by atoms with Crippen LogP contribution in [0.1, 0.15) is 32.6 Å². The van der Waals surface area contributed by atoms with E-state index in [9.17, 15) is 4.79 Å². The highest BCUT2D eigenvalue weighted by Crippen LogP contribution is 2.14. The molecule has 0 aromatic rings. The van der Waals surface area contributed by atoms with Crippen molar-refractivity contribution in [2.24, 2.45) is 5.92 Å². The molecule has 3 nitrogen and oxygen atoms in total. The van der Waals surface area contributed by atoms with Gasteiger partial charge in [-0.1, -0.05) is 19.8 Å². The first-order valence-corrected chi connectivity index (χ1v) is 4.79. The van der Waals surface area contributed by atoms with Gasteiger partial charge in [0.2, 0.25) is 0 Å². The Kier molecular flexibility index (Phi) is 7.94. The van der Waals surface area contributed by atoms with Gasteiger partial charge in [-0.25, -0.2) is 0 Å². The van der Waals surface area contributed by atoms with E-state index in [1.54, 1.807) is 14.2 Å². The molecule has 0 amide bonds. The first-order chi connectivity index (χ1) is 6.28. The van der Waals surface area contributed by atoms with Crippen LogP contribution in [-0.4, -0.2) is 26.8 Å². The summed E-state index contributed by atoms with van der Waals surface area (Å²) in [5.41, 5.74) is 0. The molecule has 1 atom stereocenters. The van der Waals surface area contributed by atoms with Gasteiger partial charge in [0.15, 0.2) is 6.29 Å². The maximum Gasteiger partial charge on any atom is 0.157 e. The van der Waals surface area contributed by atoms with Crippen molar-refractivity contribution in [2.75, 3.05) is 14.2 Å². The molecule has 0 aromatic heterocycles. The monoisotopic (exact) mass is 188 g/mol. The predicted octanol–water partition coefficient (Wildman–Crippen LogP) is 2.00. The topological polar surface area (TPSA) is 35.5 Å². The quantitative estimate of drug-likeness (QED) is 0.431. The van der Waals surface area contributed by atoms with Gasteiger partial charge >= 0.3 is 0 Å². The number of methoxy groups -OCH3 is 2. The summed E-state index contributed by atoms with van der Waals surface area (Å²) in [5.74, 6) is 0.0739. The number of unbranched alkanes of at least 4 members (excludes halogenated alkanes) is 1. The summed E-state index contributed by atoms with van der Waals surface area (Å²) in [7, 11) is 3.19. The van der Waals surface area contributed by atoms with Crippen LogP contribution in [0.2, 0.25) is 0 Å². The third-order valence-electron chi connectivity index (χ3n) is 2.14. The number of aldehydes is 1. The zero-order valence-corrected chi connectivity index (χ0v) is 8.79. The average Bonchev–Trinajstić information content (AvgIpc) is 2.19. The van der Waals surface area contributed by atoms with Gasteiger partial charge in [-0.15, -0.1) is 0 Å². The van der Waals surface area contributed by atoms with Gasteiger partial charge in [-0.2, -0.15) is 0 Å². The molecule has 0 aliphatic rings. The Morgan fingerprint density at radius 2 is 1.92 bits per heavy atom. The lowest BCUT2D eigenvalue weighted by atomic mass is 10.00. The van der Waals surface area contributed by atoms with Gasteiger partial charge in [0, 0.05) is 26.6 Å². The van der Waals surface area contributed by atoms with Crippen LogP contribution in [0, 0.1) is 5.92 Å². The Morgan fingerprint density at radius 1 is 1.31 bits per heavy atom. The molecule has 0 bridgehead atoms. The van der Waals surface area contributed by atoms with Gasteiger partial charge in [0.25, 0.3) is 0 Å². The lowest BCUT2D eigenvalue weighted by molar-refractivity contribution is -0.127. The maximum absolute atomic E-state index is 10.7. The van der Waals surface area contributed by atoms with Crippen LogP contribution in [-0.2, 0) is 14.3 Å². The molecule has 0 heterocycles. The highest BCUT2D eigenvalue weighted by atomic mass is 16.7. The molecule has 0 aromatic carbocycles. The number of ether oxygens (including phenoxy) is 2. The fourth-order valence-corrected chi connectivity index (χ4v) is 1.24. The molecular formula is C10H20O3. The molecule has 0 saturated heterocycles. The number of hydrogen-bond donors (Lipinski definition) is 0. The van der Waals surface area contributed by atoms with Gasteiger partial charge in [0.05, 0.1) is 0 Å². The Labute approximate surface area is 80.4 Å². The van der Waals surface area contributed by atoms with E-state index in [0.29, 0.717) is 6.42 Å². The molecule has 13 heavy (non-hydrogen) atoms. The van der Waals surface area contributed by atoms with Gasteiger partial charge in [0.1, 0.15) is 6.29 Å². The second-order valence-electron chi connectivity index (χ2n) is 3.18. The molecule has 0 aliphatic heterocycles. The third kappa shape index (κ3) is 5.77. The molecule has 0 N–H and O–H groups in total. The molecule has 3 heteroatoms. The molecule has 0 saturated carbocycles. The zero-order valence-electron chi connectivity index (χ0n) is 8.79. The van der Waals surface area contributed by atoms with Crippen molar-refractivity contribution < 1.29 is 14.3 Å². The lowest BCUT2D eigenvalue weighted by Crippen LogP contribution is -2.18. The summed E-state index contributed by atoms with van der Waals surface area (Å²) < 4.78 is 10.1. The van der Waals surface area contributed by atoms with Gasteiger partial charge in [-0.3, -0.25) is 0 Å². The first-order valence-electron chi connectivity index (χ1n) is 4.79. The van der Waals surface area contributed by atoms with Crippen molar-refractivity contribution in [3.05, 3.63) is 0 Å². The van der Waals surface area contributed by atoms with E-state index < -0.39 is 0 Å². The summed E-state index contributed by atoms with van der Waals surface area (Å²) in [5, 5.41) is 0. The van der Waals surface area contributed by atoms with E-state index in [-0.39, 0.29) is 12.2 Å². The molecule has 78 valence electrons. The fourth-order valence-electron chi connectivity index (χ4n) is 1.24. The molecule has 1 unspecified atom stereocenters. The van der Waals surface area contributed by atoms with Crippen molar-refractivity contribution in [3.8, 4) is 0 Å². The van der Waals surface area contributed by atoms with Crippen LogP contribution in [0.15, 0.2) is 0 Å². The number of carbonyl (C=O) groups excluding carboxylic acids is 1. The van der Waals surface area contributed by atoms with Gasteiger partial charge < -0.3 is 14.3 Å². The predicted molar refractivity (Wildman–Crippen MR) is 51.5 cm³/mol. The molecule has 0 fully saturated rings. The maximum atomic E-state index is 10.7. The van der Waals surface area contributed by atoms with E-state index in [1.807, 2.05) is 0 Å². The van der Waals surface area contributed by atoms with E-state index in [4.69, 9.17) is 9.47 Å². The lowest BCUT2D eigenvalue weighted by Gasteiger charge is -2.16. The highest BCUT2D eigenvalue weighted by Gasteiger charge is 2.14. The minimum atomic E-state index is -0.243. The number of hydrogen-bond acceptors (Lipinski definition) is 3. The molecule has 0 radical (unpaired) electrons. The van der Waals surface area contributed by atoms with Crippen molar-refractivity contribution in [3.63, 3.8) is 0 Å². The van der Waals surface area contributed by atoms with E-state index in [0.717, 1.165) is 25.5 Å². The van der Waals surface area contributed by atoms with Crippen molar-refractivity contribution in [2.45, 2.75) is 38.9 Å². The third-order valence-corrected chi connectivity index (χ3v) is 2.14. The van der Waals surface area contributed by atoms with Gasteiger partial charge in [-0.05, 0) is 6.42 Å². The Bertz CT molecular complexity index is 121. The molecular weight excluding hydrogens is 168 g/mol. The van der Waals surface area contributed by atoms with E-state index in [2.05, 4.69) is 6.92 Å². The van der Waals surface area contributed by atoms with E-state index >= 15 is 0 Å². The largest absolute Gasteiger partial charge is 0.356 e. The first kappa shape index (κ1) is 12.6. The second kappa shape index (κ2) is 8.20. The number of carbonyl (C=O) groups is 1. The Morgan fingerprint density at radius 3 is 2.31 bits per heavy atom. The normalized spacial score (nSPS) is 13.2. The van der Waals surface area contributed by atoms with Crippen LogP contribution >= 0.6 is 0 Å². The summed E-state index contributed by atoms with van der Waals surface area (Å²) in [6.07, 6.45) is 4.56. The fraction of sp³-hybridized carbons (Fsp3) is 0.900.